The van der Waals surface area contributed by atoms with E-state index in [1.807, 2.05) is 27.7 Å². The Kier molecular flexibility index (Phi) is 15.5. The second-order valence-electron chi connectivity index (χ2n) is 2.27. The fraction of sp³-hybridized carbons (Fsp3) is 1.00. The Bertz CT molecular complexity index is 46.8. The highest BCUT2D eigenvalue weighted by Gasteiger charge is 2.10. The molecule has 0 heterocycles. The van der Waals surface area contributed by atoms with Gasteiger partial charge in [-0.2, -0.15) is 0 Å². The molecule has 0 aromatic carbocycles. The van der Waals surface area contributed by atoms with E-state index in [0.717, 1.165) is 6.04 Å². The summed E-state index contributed by atoms with van der Waals surface area (Å²) in [5.74, 6) is 0. The van der Waals surface area contributed by atoms with Crippen molar-refractivity contribution in [3.8, 4) is 0 Å². The van der Waals surface area contributed by atoms with Crippen molar-refractivity contribution < 1.29 is 0 Å². The predicted molar refractivity (Wildman–Crippen MR) is 54.0 cm³/mol. The lowest BCUT2D eigenvalue weighted by molar-refractivity contribution is 0.582. The smallest absolute Gasteiger partial charge is 0.00640 e. The van der Waals surface area contributed by atoms with Crippen LogP contribution in [-0.4, -0.2) is 13.1 Å². The average molecular weight is 159 g/mol. The van der Waals surface area contributed by atoms with Gasteiger partial charge in [0.15, 0.2) is 0 Å². The molecule has 1 N–H and O–H groups in total. The van der Waals surface area contributed by atoms with Crippen LogP contribution in [0, 0.1) is 0 Å². The van der Waals surface area contributed by atoms with Crippen LogP contribution in [0.5, 0.6) is 0 Å². The molecular formula is C10H25N. The SMILES string of the molecule is CC.CC.CNC1CCCC1. The molecule has 0 bridgehead atoms. The molecule has 0 aromatic heterocycles. The van der Waals surface area contributed by atoms with Crippen LogP contribution in [0.25, 0.3) is 0 Å². The van der Waals surface area contributed by atoms with Gasteiger partial charge in [0.05, 0.1) is 0 Å². The topological polar surface area (TPSA) is 12.0 Å². The summed E-state index contributed by atoms with van der Waals surface area (Å²) in [7, 11) is 2.05. The first kappa shape index (κ1) is 13.5. The highest BCUT2D eigenvalue weighted by atomic mass is 14.9. The van der Waals surface area contributed by atoms with Crippen molar-refractivity contribution in [3.05, 3.63) is 0 Å². The third kappa shape index (κ3) is 7.86. The normalized spacial score (nSPS) is 16.1. The summed E-state index contributed by atoms with van der Waals surface area (Å²) in [6, 6.07) is 0.847. The van der Waals surface area contributed by atoms with E-state index in [1.54, 1.807) is 0 Å². The quantitative estimate of drug-likeness (QED) is 0.619. The fourth-order valence-electron chi connectivity index (χ4n) is 1.21. The van der Waals surface area contributed by atoms with Crippen molar-refractivity contribution in [2.75, 3.05) is 7.05 Å². The van der Waals surface area contributed by atoms with E-state index in [9.17, 15) is 0 Å². The molecule has 70 valence electrons. The maximum absolute atomic E-state index is 3.26. The van der Waals surface area contributed by atoms with E-state index in [4.69, 9.17) is 0 Å². The second kappa shape index (κ2) is 12.6. The van der Waals surface area contributed by atoms with Crippen LogP contribution >= 0.6 is 0 Å². The number of rotatable bonds is 1. The van der Waals surface area contributed by atoms with Crippen molar-refractivity contribution in [1.29, 1.82) is 0 Å². The average Bonchev–Trinajstić information content (AvgIpc) is 2.63. The maximum atomic E-state index is 3.26. The Morgan fingerprint density at radius 2 is 1.27 bits per heavy atom. The molecular weight excluding hydrogens is 134 g/mol. The Hall–Kier alpha value is -0.0400. The number of hydrogen-bond donors (Lipinski definition) is 1. The van der Waals surface area contributed by atoms with Crippen LogP contribution in [0.1, 0.15) is 53.4 Å². The van der Waals surface area contributed by atoms with Gasteiger partial charge in [0, 0.05) is 6.04 Å². The highest BCUT2D eigenvalue weighted by molar-refractivity contribution is 4.70. The molecule has 1 fully saturated rings. The molecule has 0 amide bonds. The molecule has 1 heteroatoms. The third-order valence-electron chi connectivity index (χ3n) is 1.76. The monoisotopic (exact) mass is 159 g/mol. The lowest BCUT2D eigenvalue weighted by Gasteiger charge is -2.03. The van der Waals surface area contributed by atoms with Gasteiger partial charge >= 0.3 is 0 Å². The van der Waals surface area contributed by atoms with Gasteiger partial charge in [0.2, 0.25) is 0 Å². The van der Waals surface area contributed by atoms with Gasteiger partial charge in [-0.3, -0.25) is 0 Å². The highest BCUT2D eigenvalue weighted by Crippen LogP contribution is 2.16. The zero-order valence-electron chi connectivity index (χ0n) is 8.91. The summed E-state index contributed by atoms with van der Waals surface area (Å²) < 4.78 is 0. The zero-order valence-corrected chi connectivity index (χ0v) is 8.91. The Morgan fingerprint density at radius 3 is 1.45 bits per heavy atom. The molecule has 0 atom stereocenters. The van der Waals surface area contributed by atoms with Gasteiger partial charge in [-0.25, -0.2) is 0 Å². The molecule has 1 rings (SSSR count). The first-order valence-electron chi connectivity index (χ1n) is 5.11. The van der Waals surface area contributed by atoms with Gasteiger partial charge in [0.1, 0.15) is 0 Å². The molecule has 0 saturated heterocycles. The standard InChI is InChI=1S/C6H13N.2C2H6/c1-7-6-4-2-3-5-6;2*1-2/h6-7H,2-5H2,1H3;2*1-2H3. The van der Waals surface area contributed by atoms with Crippen molar-refractivity contribution in [2.45, 2.75) is 59.4 Å². The minimum atomic E-state index is 0.847. The minimum Gasteiger partial charge on any atom is -0.317 e. The molecule has 1 aliphatic carbocycles. The van der Waals surface area contributed by atoms with Gasteiger partial charge in [-0.05, 0) is 19.9 Å². The third-order valence-corrected chi connectivity index (χ3v) is 1.76. The van der Waals surface area contributed by atoms with Crippen molar-refractivity contribution in [1.82, 2.24) is 5.32 Å². The maximum Gasteiger partial charge on any atom is 0.00640 e. The van der Waals surface area contributed by atoms with Crippen LogP contribution in [0.15, 0.2) is 0 Å². The Labute approximate surface area is 72.6 Å². The first-order valence-corrected chi connectivity index (χ1v) is 5.11. The van der Waals surface area contributed by atoms with Crippen LogP contribution in [0.2, 0.25) is 0 Å². The van der Waals surface area contributed by atoms with E-state index >= 15 is 0 Å². The number of hydrogen-bond acceptors (Lipinski definition) is 1. The van der Waals surface area contributed by atoms with E-state index in [0.29, 0.717) is 0 Å². The van der Waals surface area contributed by atoms with E-state index in [-0.39, 0.29) is 0 Å². The van der Waals surface area contributed by atoms with Gasteiger partial charge in [-0.1, -0.05) is 40.5 Å². The number of nitrogens with one attached hydrogen (secondary N) is 1. The van der Waals surface area contributed by atoms with Gasteiger partial charge in [0.25, 0.3) is 0 Å². The van der Waals surface area contributed by atoms with Crippen molar-refractivity contribution in [2.24, 2.45) is 0 Å². The molecule has 0 spiro atoms. The molecule has 11 heavy (non-hydrogen) atoms. The molecule has 0 radical (unpaired) electrons. The van der Waals surface area contributed by atoms with Crippen LogP contribution < -0.4 is 5.32 Å². The lowest BCUT2D eigenvalue weighted by Crippen LogP contribution is -2.20. The summed E-state index contributed by atoms with van der Waals surface area (Å²) in [5.41, 5.74) is 0. The summed E-state index contributed by atoms with van der Waals surface area (Å²) in [4.78, 5) is 0. The Balaban J connectivity index is 0. The van der Waals surface area contributed by atoms with Crippen LogP contribution in [0.3, 0.4) is 0 Å². The second-order valence-corrected chi connectivity index (χ2v) is 2.27. The summed E-state index contributed by atoms with van der Waals surface area (Å²) >= 11 is 0. The lowest BCUT2D eigenvalue weighted by atomic mass is 10.3. The first-order chi connectivity index (χ1) is 5.43. The molecule has 0 unspecified atom stereocenters. The van der Waals surface area contributed by atoms with Gasteiger partial charge < -0.3 is 5.32 Å². The van der Waals surface area contributed by atoms with E-state index in [2.05, 4.69) is 12.4 Å². The molecule has 0 aliphatic heterocycles. The summed E-state index contributed by atoms with van der Waals surface area (Å²) in [6.45, 7) is 8.00. The van der Waals surface area contributed by atoms with Crippen LogP contribution in [0.4, 0.5) is 0 Å². The van der Waals surface area contributed by atoms with E-state index in [1.165, 1.54) is 25.7 Å². The minimum absolute atomic E-state index is 0.847. The molecule has 0 aromatic rings. The van der Waals surface area contributed by atoms with Crippen molar-refractivity contribution in [3.63, 3.8) is 0 Å². The van der Waals surface area contributed by atoms with Gasteiger partial charge in [-0.15, -0.1) is 0 Å². The zero-order chi connectivity index (χ0) is 9.11. The molecule has 1 saturated carbocycles. The fourth-order valence-corrected chi connectivity index (χ4v) is 1.21. The van der Waals surface area contributed by atoms with Crippen molar-refractivity contribution >= 4 is 0 Å². The largest absolute Gasteiger partial charge is 0.317 e. The summed E-state index contributed by atoms with van der Waals surface area (Å²) in [5, 5.41) is 3.26. The summed E-state index contributed by atoms with van der Waals surface area (Å²) in [6.07, 6.45) is 5.67. The predicted octanol–water partition coefficient (Wildman–Crippen LogP) is 3.20. The Morgan fingerprint density at radius 1 is 0.909 bits per heavy atom. The van der Waals surface area contributed by atoms with E-state index < -0.39 is 0 Å². The molecule has 1 nitrogen and oxygen atoms in total. The van der Waals surface area contributed by atoms with Crippen LogP contribution in [-0.2, 0) is 0 Å². The molecule has 1 aliphatic rings.